The first-order valence-corrected chi connectivity index (χ1v) is 9.55. The van der Waals surface area contributed by atoms with Gasteiger partial charge in [-0.2, -0.15) is 0 Å². The predicted octanol–water partition coefficient (Wildman–Crippen LogP) is 3.07. The van der Waals surface area contributed by atoms with Gasteiger partial charge in [0.25, 0.3) is 0 Å². The Kier molecular flexibility index (Phi) is 7.72. The van der Waals surface area contributed by atoms with Gasteiger partial charge < -0.3 is 20.1 Å². The molecule has 0 atom stereocenters. The van der Waals surface area contributed by atoms with Gasteiger partial charge in [-0.15, -0.1) is 11.3 Å². The fourth-order valence-electron chi connectivity index (χ4n) is 2.57. The van der Waals surface area contributed by atoms with Crippen LogP contribution in [0.2, 0.25) is 0 Å². The number of benzene rings is 1. The Bertz CT molecular complexity index is 743. The van der Waals surface area contributed by atoms with Crippen LogP contribution in [0.3, 0.4) is 0 Å². The van der Waals surface area contributed by atoms with Crippen LogP contribution < -0.4 is 20.1 Å². The van der Waals surface area contributed by atoms with Gasteiger partial charge in [0.1, 0.15) is 0 Å². The SMILES string of the molecule is CCNC(=NCc1sc(C)nc1C)NCCc1ccc(OC)c(OC)c1. The average Bonchev–Trinajstić information content (AvgIpc) is 2.96. The van der Waals surface area contributed by atoms with Crippen molar-refractivity contribution < 1.29 is 9.47 Å². The topological polar surface area (TPSA) is 67.8 Å². The van der Waals surface area contributed by atoms with Gasteiger partial charge in [-0.3, -0.25) is 0 Å². The molecule has 2 rings (SSSR count). The number of rotatable bonds is 8. The van der Waals surface area contributed by atoms with E-state index in [2.05, 4.69) is 33.6 Å². The van der Waals surface area contributed by atoms with Crippen molar-refractivity contribution in [3.8, 4) is 11.5 Å². The van der Waals surface area contributed by atoms with Crippen molar-refractivity contribution >= 4 is 17.3 Å². The van der Waals surface area contributed by atoms with E-state index in [9.17, 15) is 0 Å². The molecule has 0 unspecified atom stereocenters. The maximum absolute atomic E-state index is 5.36. The summed E-state index contributed by atoms with van der Waals surface area (Å²) in [7, 11) is 3.30. The maximum atomic E-state index is 5.36. The molecule has 7 heteroatoms. The van der Waals surface area contributed by atoms with Crippen LogP contribution in [0.5, 0.6) is 11.5 Å². The van der Waals surface area contributed by atoms with Crippen molar-refractivity contribution in [1.29, 1.82) is 0 Å². The number of ether oxygens (including phenoxy) is 2. The van der Waals surface area contributed by atoms with E-state index in [-0.39, 0.29) is 0 Å². The lowest BCUT2D eigenvalue weighted by atomic mass is 10.1. The van der Waals surface area contributed by atoms with E-state index >= 15 is 0 Å². The lowest BCUT2D eigenvalue weighted by Crippen LogP contribution is -2.38. The summed E-state index contributed by atoms with van der Waals surface area (Å²) in [5.41, 5.74) is 2.25. The normalized spacial score (nSPS) is 11.3. The molecular weight excluding hydrogens is 348 g/mol. The fourth-order valence-corrected chi connectivity index (χ4v) is 3.44. The molecule has 0 fully saturated rings. The van der Waals surface area contributed by atoms with Gasteiger partial charge in [-0.05, 0) is 44.9 Å². The molecule has 26 heavy (non-hydrogen) atoms. The summed E-state index contributed by atoms with van der Waals surface area (Å²) in [5, 5.41) is 7.75. The van der Waals surface area contributed by atoms with Gasteiger partial charge in [0, 0.05) is 18.0 Å². The molecule has 1 aromatic heterocycles. The molecule has 0 aliphatic rings. The Morgan fingerprint density at radius 2 is 1.92 bits per heavy atom. The van der Waals surface area contributed by atoms with Crippen molar-refractivity contribution in [1.82, 2.24) is 15.6 Å². The minimum absolute atomic E-state index is 0.642. The minimum Gasteiger partial charge on any atom is -0.493 e. The van der Waals surface area contributed by atoms with Crippen LogP contribution in [0.1, 0.15) is 28.1 Å². The van der Waals surface area contributed by atoms with E-state index in [0.29, 0.717) is 6.54 Å². The summed E-state index contributed by atoms with van der Waals surface area (Å²) in [6.07, 6.45) is 0.865. The lowest BCUT2D eigenvalue weighted by Gasteiger charge is -2.12. The van der Waals surface area contributed by atoms with Gasteiger partial charge in [0.2, 0.25) is 0 Å². The van der Waals surface area contributed by atoms with Crippen LogP contribution >= 0.6 is 11.3 Å². The second-order valence-electron chi connectivity index (χ2n) is 5.80. The van der Waals surface area contributed by atoms with Crippen molar-refractivity contribution in [2.75, 3.05) is 27.3 Å². The maximum Gasteiger partial charge on any atom is 0.191 e. The number of hydrogen-bond donors (Lipinski definition) is 2. The van der Waals surface area contributed by atoms with E-state index in [1.54, 1.807) is 25.6 Å². The minimum atomic E-state index is 0.642. The van der Waals surface area contributed by atoms with Crippen LogP contribution in [-0.4, -0.2) is 38.3 Å². The standard InChI is InChI=1S/C19H28N4O2S/c1-6-20-19(22-12-18-13(2)23-14(3)26-18)21-10-9-15-7-8-16(24-4)17(11-15)25-5/h7-8,11H,6,9-10,12H2,1-5H3,(H2,20,21,22). The highest BCUT2D eigenvalue weighted by Crippen LogP contribution is 2.27. The summed E-state index contributed by atoms with van der Waals surface area (Å²) in [4.78, 5) is 10.3. The zero-order chi connectivity index (χ0) is 18.9. The van der Waals surface area contributed by atoms with E-state index < -0.39 is 0 Å². The highest BCUT2D eigenvalue weighted by Gasteiger charge is 2.06. The highest BCUT2D eigenvalue weighted by molar-refractivity contribution is 7.11. The van der Waals surface area contributed by atoms with E-state index in [0.717, 1.165) is 47.7 Å². The summed E-state index contributed by atoms with van der Waals surface area (Å²) in [6, 6.07) is 5.99. The number of guanidine groups is 1. The third kappa shape index (κ3) is 5.62. The molecule has 6 nitrogen and oxygen atoms in total. The molecule has 2 N–H and O–H groups in total. The zero-order valence-corrected chi connectivity index (χ0v) is 17.0. The molecule has 0 spiro atoms. The Morgan fingerprint density at radius 1 is 1.15 bits per heavy atom. The summed E-state index contributed by atoms with van der Waals surface area (Å²) in [5.74, 6) is 2.31. The first-order chi connectivity index (χ1) is 12.6. The van der Waals surface area contributed by atoms with Gasteiger partial charge in [0.15, 0.2) is 17.5 Å². The second kappa shape index (κ2) is 10.0. The molecule has 0 aliphatic heterocycles. The van der Waals surface area contributed by atoms with Gasteiger partial charge >= 0.3 is 0 Å². The van der Waals surface area contributed by atoms with E-state index in [1.807, 2.05) is 26.0 Å². The number of aliphatic imine (C=N–C) groups is 1. The molecule has 0 saturated heterocycles. The molecule has 0 radical (unpaired) electrons. The van der Waals surface area contributed by atoms with Crippen molar-refractivity contribution in [2.45, 2.75) is 33.7 Å². The lowest BCUT2D eigenvalue weighted by molar-refractivity contribution is 0.354. The van der Waals surface area contributed by atoms with Crippen LogP contribution in [0.25, 0.3) is 0 Å². The number of methoxy groups -OCH3 is 2. The zero-order valence-electron chi connectivity index (χ0n) is 16.2. The molecule has 0 amide bonds. The first kappa shape index (κ1) is 20.0. The van der Waals surface area contributed by atoms with E-state index in [1.165, 1.54) is 10.4 Å². The Balaban J connectivity index is 1.93. The number of nitrogens with one attached hydrogen (secondary N) is 2. The van der Waals surface area contributed by atoms with Gasteiger partial charge in [-0.25, -0.2) is 9.98 Å². The molecule has 0 aliphatic carbocycles. The van der Waals surface area contributed by atoms with Crippen LogP contribution in [0.15, 0.2) is 23.2 Å². The molecule has 0 saturated carbocycles. The van der Waals surface area contributed by atoms with Crippen molar-refractivity contribution in [3.05, 3.63) is 39.3 Å². The molecule has 1 aromatic carbocycles. The molecule has 142 valence electrons. The Hall–Kier alpha value is -2.28. The molecule has 0 bridgehead atoms. The number of thiazole rings is 1. The average molecular weight is 377 g/mol. The van der Waals surface area contributed by atoms with Crippen molar-refractivity contribution in [2.24, 2.45) is 4.99 Å². The van der Waals surface area contributed by atoms with E-state index in [4.69, 9.17) is 9.47 Å². The molecule has 2 aromatic rings. The number of nitrogens with zero attached hydrogens (tertiary/aromatic N) is 2. The summed E-state index contributed by atoms with van der Waals surface area (Å²) >= 11 is 1.70. The van der Waals surface area contributed by atoms with Crippen LogP contribution in [-0.2, 0) is 13.0 Å². The number of aromatic nitrogens is 1. The Morgan fingerprint density at radius 3 is 2.54 bits per heavy atom. The fraction of sp³-hybridized carbons (Fsp3) is 0.474. The van der Waals surface area contributed by atoms with Crippen LogP contribution in [0, 0.1) is 13.8 Å². The van der Waals surface area contributed by atoms with Gasteiger partial charge in [0.05, 0.1) is 31.5 Å². The summed E-state index contributed by atoms with van der Waals surface area (Å²) in [6.45, 7) is 8.37. The second-order valence-corrected chi connectivity index (χ2v) is 7.09. The molecular formula is C19H28N4O2S. The quantitative estimate of drug-likeness (QED) is 0.547. The third-order valence-corrected chi connectivity index (χ3v) is 4.94. The monoisotopic (exact) mass is 376 g/mol. The number of hydrogen-bond acceptors (Lipinski definition) is 5. The van der Waals surface area contributed by atoms with Crippen molar-refractivity contribution in [3.63, 3.8) is 0 Å². The van der Waals surface area contributed by atoms with Gasteiger partial charge in [-0.1, -0.05) is 6.07 Å². The largest absolute Gasteiger partial charge is 0.493 e. The Labute approximate surface area is 159 Å². The molecule has 1 heterocycles. The van der Waals surface area contributed by atoms with Crippen LogP contribution in [0.4, 0.5) is 0 Å². The smallest absolute Gasteiger partial charge is 0.191 e. The first-order valence-electron chi connectivity index (χ1n) is 8.73. The number of aryl methyl sites for hydroxylation is 2. The predicted molar refractivity (Wildman–Crippen MR) is 108 cm³/mol. The third-order valence-electron chi connectivity index (χ3n) is 3.88. The summed E-state index contributed by atoms with van der Waals surface area (Å²) < 4.78 is 10.6. The highest BCUT2D eigenvalue weighted by atomic mass is 32.1.